The summed E-state index contributed by atoms with van der Waals surface area (Å²) in [6.45, 7) is 0.295. The van der Waals surface area contributed by atoms with Gasteiger partial charge in [0.05, 0.1) is 18.0 Å². The predicted molar refractivity (Wildman–Crippen MR) is 142 cm³/mol. The van der Waals surface area contributed by atoms with E-state index in [1.54, 1.807) is 6.07 Å². The summed E-state index contributed by atoms with van der Waals surface area (Å²) < 4.78 is 6.03. The molecular weight excluding hydrogens is 470 g/mol. The molecule has 37 heavy (non-hydrogen) atoms. The van der Waals surface area contributed by atoms with Crippen molar-refractivity contribution in [2.24, 2.45) is 10.9 Å². The number of ether oxygens (including phenoxy) is 1. The third-order valence-electron chi connectivity index (χ3n) is 5.55. The number of nitro groups is 1. The lowest BCUT2D eigenvalue weighted by Crippen LogP contribution is -2.15. The number of hydrogen-bond acceptors (Lipinski definition) is 6. The molecule has 0 bridgehead atoms. The fourth-order valence-corrected chi connectivity index (χ4v) is 3.69. The Balaban J connectivity index is 1.36. The van der Waals surface area contributed by atoms with Crippen LogP contribution in [0.3, 0.4) is 0 Å². The van der Waals surface area contributed by atoms with Crippen LogP contribution in [0.15, 0.2) is 108 Å². The van der Waals surface area contributed by atoms with Crippen LogP contribution in [0.5, 0.6) is 5.75 Å². The fraction of sp³-hybridized carbons (Fsp3) is 0.103. The molecule has 0 atom stereocenters. The Kier molecular flexibility index (Phi) is 8.23. The molecule has 2 N–H and O–H groups in total. The largest absolute Gasteiger partial charge is 0.493 e. The summed E-state index contributed by atoms with van der Waals surface area (Å²) in [5, 5.41) is 14.5. The van der Waals surface area contributed by atoms with Gasteiger partial charge in [0.15, 0.2) is 5.84 Å². The Hall–Kier alpha value is -4.98. The molecule has 0 fully saturated rings. The Bertz CT molecular complexity index is 1410. The van der Waals surface area contributed by atoms with Gasteiger partial charge in [-0.3, -0.25) is 10.1 Å². The first-order valence-electron chi connectivity index (χ1n) is 11.7. The van der Waals surface area contributed by atoms with E-state index in [4.69, 9.17) is 15.3 Å². The van der Waals surface area contributed by atoms with E-state index in [0.717, 1.165) is 22.3 Å². The van der Waals surface area contributed by atoms with Crippen molar-refractivity contribution < 1.29 is 19.3 Å². The van der Waals surface area contributed by atoms with E-state index in [2.05, 4.69) is 23.4 Å². The van der Waals surface area contributed by atoms with Crippen LogP contribution in [0, 0.1) is 10.1 Å². The van der Waals surface area contributed by atoms with Crippen molar-refractivity contribution in [3.8, 4) is 28.0 Å². The number of nitro benzene ring substituents is 1. The van der Waals surface area contributed by atoms with Crippen molar-refractivity contribution in [3.63, 3.8) is 0 Å². The lowest BCUT2D eigenvalue weighted by Gasteiger charge is -2.14. The molecule has 4 aromatic carbocycles. The van der Waals surface area contributed by atoms with Gasteiger partial charge in [-0.2, -0.15) is 0 Å². The highest BCUT2D eigenvalue weighted by Gasteiger charge is 2.11. The summed E-state index contributed by atoms with van der Waals surface area (Å²) in [5.74, 6) is 0.00573. The van der Waals surface area contributed by atoms with Crippen molar-refractivity contribution in [2.75, 3.05) is 6.61 Å². The Morgan fingerprint density at radius 2 is 1.54 bits per heavy atom. The lowest BCUT2D eigenvalue weighted by atomic mass is 9.98. The second-order valence-electron chi connectivity index (χ2n) is 8.14. The van der Waals surface area contributed by atoms with Crippen LogP contribution in [0.1, 0.15) is 18.4 Å². The van der Waals surface area contributed by atoms with Crippen molar-refractivity contribution in [2.45, 2.75) is 12.8 Å². The average Bonchev–Trinajstić information content (AvgIpc) is 2.95. The minimum Gasteiger partial charge on any atom is -0.493 e. The smallest absolute Gasteiger partial charge is 0.335 e. The monoisotopic (exact) mass is 495 g/mol. The average molecular weight is 496 g/mol. The summed E-state index contributed by atoms with van der Waals surface area (Å²) >= 11 is 0. The first-order valence-corrected chi connectivity index (χ1v) is 11.7. The van der Waals surface area contributed by atoms with Gasteiger partial charge >= 0.3 is 5.97 Å². The first kappa shape index (κ1) is 25.1. The molecule has 8 heteroatoms. The van der Waals surface area contributed by atoms with Crippen molar-refractivity contribution in [1.29, 1.82) is 0 Å². The van der Waals surface area contributed by atoms with Gasteiger partial charge in [0.2, 0.25) is 0 Å². The number of non-ortho nitro benzene ring substituents is 1. The quantitative estimate of drug-likeness (QED) is 0.0725. The highest BCUT2D eigenvalue weighted by molar-refractivity contribution is 5.97. The van der Waals surface area contributed by atoms with Crippen LogP contribution in [0.4, 0.5) is 5.69 Å². The number of rotatable bonds is 10. The van der Waals surface area contributed by atoms with Crippen LogP contribution < -0.4 is 10.5 Å². The highest BCUT2D eigenvalue weighted by atomic mass is 16.7. The van der Waals surface area contributed by atoms with Crippen molar-refractivity contribution >= 4 is 17.5 Å². The SMILES string of the molecule is N/C(=N/OC(=O)CCCOc1ccc(-c2ccccc2)cc1-c1ccccc1)c1cccc([N+](=O)[O-])c1. The molecule has 0 aromatic heterocycles. The zero-order valence-electron chi connectivity index (χ0n) is 19.9. The predicted octanol–water partition coefficient (Wildman–Crippen LogP) is 5.95. The maximum absolute atomic E-state index is 12.1. The number of amidine groups is 1. The fourth-order valence-electron chi connectivity index (χ4n) is 3.69. The second-order valence-corrected chi connectivity index (χ2v) is 8.14. The first-order chi connectivity index (χ1) is 18.0. The van der Waals surface area contributed by atoms with Gasteiger partial charge in [0.25, 0.3) is 5.69 Å². The molecule has 0 amide bonds. The highest BCUT2D eigenvalue weighted by Crippen LogP contribution is 2.34. The Morgan fingerprint density at radius 3 is 2.24 bits per heavy atom. The number of carbonyl (C=O) groups excluding carboxylic acids is 1. The van der Waals surface area contributed by atoms with Crippen molar-refractivity contribution in [3.05, 3.63) is 119 Å². The molecule has 0 saturated heterocycles. The molecule has 186 valence electrons. The van der Waals surface area contributed by atoms with E-state index in [-0.39, 0.29) is 23.5 Å². The van der Waals surface area contributed by atoms with E-state index in [9.17, 15) is 14.9 Å². The molecule has 0 unspecified atom stereocenters. The minimum absolute atomic E-state index is 0.0640. The van der Waals surface area contributed by atoms with Crippen LogP contribution in [-0.4, -0.2) is 23.3 Å². The molecule has 0 heterocycles. The Labute approximate surface area is 214 Å². The van der Waals surface area contributed by atoms with E-state index >= 15 is 0 Å². The number of nitrogens with zero attached hydrogens (tertiary/aromatic N) is 2. The molecule has 0 aliphatic carbocycles. The molecule has 0 aliphatic rings. The summed E-state index contributed by atoms with van der Waals surface area (Å²) in [4.78, 5) is 27.3. The van der Waals surface area contributed by atoms with Crippen LogP contribution in [-0.2, 0) is 9.63 Å². The number of nitrogens with two attached hydrogens (primary N) is 1. The standard InChI is InChI=1S/C29H25N3O5/c30-29(24-13-7-14-25(19-24)32(34)35)31-37-28(33)15-8-18-36-27-17-16-23(21-9-3-1-4-10-21)20-26(27)22-11-5-2-6-12-22/h1-7,9-14,16-17,19-20H,8,15,18H2,(H2,30,31). The number of benzene rings is 4. The third-order valence-corrected chi connectivity index (χ3v) is 5.55. The van der Waals surface area contributed by atoms with Crippen LogP contribution in [0.25, 0.3) is 22.3 Å². The summed E-state index contributed by atoms with van der Waals surface area (Å²) in [5.41, 5.74) is 10.1. The minimum atomic E-state index is -0.584. The van der Waals surface area contributed by atoms with Crippen molar-refractivity contribution in [1.82, 2.24) is 0 Å². The zero-order valence-corrected chi connectivity index (χ0v) is 19.9. The molecule has 0 spiro atoms. The van der Waals surface area contributed by atoms with E-state index in [1.165, 1.54) is 18.2 Å². The second kappa shape index (κ2) is 12.1. The molecule has 8 nitrogen and oxygen atoms in total. The van der Waals surface area contributed by atoms with E-state index < -0.39 is 10.9 Å². The molecule has 0 saturated carbocycles. The van der Waals surface area contributed by atoms with Gasteiger partial charge in [-0.05, 0) is 35.2 Å². The summed E-state index contributed by atoms with van der Waals surface area (Å²) in [6.07, 6.45) is 0.466. The maximum atomic E-state index is 12.1. The van der Waals surface area contributed by atoms with Gasteiger partial charge < -0.3 is 15.3 Å². The van der Waals surface area contributed by atoms with Crippen LogP contribution in [0.2, 0.25) is 0 Å². The molecule has 0 aliphatic heterocycles. The number of hydrogen-bond donors (Lipinski definition) is 1. The molecule has 4 rings (SSSR count). The topological polar surface area (TPSA) is 117 Å². The maximum Gasteiger partial charge on any atom is 0.335 e. The third kappa shape index (κ3) is 6.79. The normalized spacial score (nSPS) is 11.1. The summed E-state index contributed by atoms with van der Waals surface area (Å²) in [6, 6.07) is 31.7. The van der Waals surface area contributed by atoms with Gasteiger partial charge in [0.1, 0.15) is 5.75 Å². The van der Waals surface area contributed by atoms with Gasteiger partial charge in [-0.15, -0.1) is 0 Å². The van der Waals surface area contributed by atoms with E-state index in [0.29, 0.717) is 18.8 Å². The van der Waals surface area contributed by atoms with Gasteiger partial charge in [-0.25, -0.2) is 4.79 Å². The van der Waals surface area contributed by atoms with Gasteiger partial charge in [0, 0.05) is 23.3 Å². The molecular formula is C29H25N3O5. The zero-order chi connectivity index (χ0) is 26.0. The van der Waals surface area contributed by atoms with Crippen LogP contribution >= 0.6 is 0 Å². The Morgan fingerprint density at radius 1 is 0.838 bits per heavy atom. The summed E-state index contributed by atoms with van der Waals surface area (Å²) in [7, 11) is 0. The van der Waals surface area contributed by atoms with Gasteiger partial charge in [-0.1, -0.05) is 84.0 Å². The number of oxime groups is 1. The van der Waals surface area contributed by atoms with E-state index in [1.807, 2.05) is 60.7 Å². The molecule has 4 aromatic rings. The lowest BCUT2D eigenvalue weighted by molar-refractivity contribution is -0.384. The molecule has 0 radical (unpaired) electrons. The number of carbonyl (C=O) groups is 1.